The van der Waals surface area contributed by atoms with Gasteiger partial charge >= 0.3 is 0 Å². The third-order valence-corrected chi connectivity index (χ3v) is 5.08. The average molecular weight is 335 g/mol. The number of rotatable bonds is 5. The maximum Gasteiger partial charge on any atom is 0.259 e. The van der Waals surface area contributed by atoms with Crippen molar-refractivity contribution in [1.29, 1.82) is 0 Å². The Balaban J connectivity index is 1.83. The Morgan fingerprint density at radius 3 is 2.77 bits per heavy atom. The summed E-state index contributed by atoms with van der Waals surface area (Å²) in [5.41, 5.74) is 1.26. The molecule has 0 aliphatic heterocycles. The van der Waals surface area contributed by atoms with E-state index in [1.54, 1.807) is 24.0 Å². The van der Waals surface area contributed by atoms with E-state index in [2.05, 4.69) is 19.7 Å². The summed E-state index contributed by atoms with van der Waals surface area (Å²) < 4.78 is 28.5. The normalized spacial score (nSPS) is 11.7. The van der Waals surface area contributed by atoms with Crippen LogP contribution in [-0.2, 0) is 23.6 Å². The molecule has 22 heavy (non-hydrogen) atoms. The molecule has 0 saturated heterocycles. The van der Waals surface area contributed by atoms with Crippen LogP contribution in [0.5, 0.6) is 0 Å². The first-order chi connectivity index (χ1) is 10.6. The number of nitrogens with zero attached hydrogens (tertiary/aromatic N) is 4. The van der Waals surface area contributed by atoms with E-state index in [1.165, 1.54) is 23.9 Å². The van der Waals surface area contributed by atoms with Gasteiger partial charge in [-0.1, -0.05) is 6.07 Å². The molecule has 9 heteroatoms. The van der Waals surface area contributed by atoms with Crippen LogP contribution < -0.4 is 4.72 Å². The molecule has 114 valence electrons. The van der Waals surface area contributed by atoms with Gasteiger partial charge in [0.1, 0.15) is 5.69 Å². The van der Waals surface area contributed by atoms with Crippen LogP contribution >= 0.6 is 11.3 Å². The summed E-state index contributed by atoms with van der Waals surface area (Å²) in [6.07, 6.45) is 6.01. The molecule has 0 spiro atoms. The summed E-state index contributed by atoms with van der Waals surface area (Å²) in [6.45, 7) is 0.0555. The first-order valence-electron chi connectivity index (χ1n) is 6.37. The molecular weight excluding hydrogens is 322 g/mol. The molecule has 0 aromatic carbocycles. The van der Waals surface area contributed by atoms with Gasteiger partial charge in [0, 0.05) is 25.6 Å². The van der Waals surface area contributed by atoms with Crippen molar-refractivity contribution >= 4 is 21.4 Å². The lowest BCUT2D eigenvalue weighted by atomic mass is 10.2. The number of sulfonamides is 1. The highest BCUT2D eigenvalue weighted by Crippen LogP contribution is 2.24. The number of nitrogens with one attached hydrogen (secondary N) is 1. The number of aromatic nitrogens is 4. The lowest BCUT2D eigenvalue weighted by molar-refractivity contribution is 0.577. The van der Waals surface area contributed by atoms with Crippen LogP contribution in [0.4, 0.5) is 0 Å². The lowest BCUT2D eigenvalue weighted by Gasteiger charge is -2.07. The Hall–Kier alpha value is -2.10. The summed E-state index contributed by atoms with van der Waals surface area (Å²) in [4.78, 5) is 13.3. The minimum Gasteiger partial charge on any atom is -0.339 e. The van der Waals surface area contributed by atoms with E-state index in [4.69, 9.17) is 0 Å². The molecule has 0 fully saturated rings. The molecule has 1 N–H and O–H groups in total. The lowest BCUT2D eigenvalue weighted by Crippen LogP contribution is -2.24. The fourth-order valence-electron chi connectivity index (χ4n) is 1.88. The van der Waals surface area contributed by atoms with Gasteiger partial charge in [0.15, 0.2) is 5.03 Å². The Kier molecular flexibility index (Phi) is 4.01. The van der Waals surface area contributed by atoms with Gasteiger partial charge in [0.05, 0.1) is 23.4 Å². The van der Waals surface area contributed by atoms with Gasteiger partial charge in [-0.25, -0.2) is 18.1 Å². The van der Waals surface area contributed by atoms with Crippen molar-refractivity contribution in [2.75, 3.05) is 0 Å². The minimum absolute atomic E-state index is 0.0171. The average Bonchev–Trinajstić information content (AvgIpc) is 3.17. The molecule has 0 saturated carbocycles. The van der Waals surface area contributed by atoms with Crippen LogP contribution in [0.3, 0.4) is 0 Å². The molecule has 0 unspecified atom stereocenters. The van der Waals surface area contributed by atoms with Gasteiger partial charge in [0.25, 0.3) is 10.0 Å². The topological polar surface area (TPSA) is 89.8 Å². The first-order valence-corrected chi connectivity index (χ1v) is 8.74. The second kappa shape index (κ2) is 5.95. The summed E-state index contributed by atoms with van der Waals surface area (Å²) in [6, 6.07) is 3.84. The zero-order chi connectivity index (χ0) is 15.6. The summed E-state index contributed by atoms with van der Waals surface area (Å²) in [7, 11) is -1.96. The smallest absolute Gasteiger partial charge is 0.259 e. The van der Waals surface area contributed by atoms with E-state index in [-0.39, 0.29) is 11.6 Å². The number of hydrogen-bond donors (Lipinski definition) is 1. The molecule has 0 aliphatic rings. The number of aryl methyl sites for hydroxylation is 1. The Labute approximate surface area is 131 Å². The highest BCUT2D eigenvalue weighted by atomic mass is 32.2. The molecule has 0 radical (unpaired) electrons. The van der Waals surface area contributed by atoms with Gasteiger partial charge < -0.3 is 4.57 Å². The standard InChI is InChI=1S/C13H13N5O2S2/c1-18-8-12(16-9-18)22(19,20)17-7-10-13(15-5-4-14-10)11-3-2-6-21-11/h2-6,8-9,17H,7H2,1H3. The van der Waals surface area contributed by atoms with Crippen molar-refractivity contribution < 1.29 is 8.42 Å². The monoisotopic (exact) mass is 335 g/mol. The molecular formula is C13H13N5O2S2. The van der Waals surface area contributed by atoms with E-state index in [1.807, 2.05) is 17.5 Å². The highest BCUT2D eigenvalue weighted by Gasteiger charge is 2.18. The largest absolute Gasteiger partial charge is 0.339 e. The van der Waals surface area contributed by atoms with E-state index in [0.717, 1.165) is 4.88 Å². The Morgan fingerprint density at radius 2 is 2.09 bits per heavy atom. The van der Waals surface area contributed by atoms with Crippen molar-refractivity contribution in [2.24, 2.45) is 7.05 Å². The van der Waals surface area contributed by atoms with E-state index < -0.39 is 10.0 Å². The van der Waals surface area contributed by atoms with Crippen LogP contribution in [0.15, 0.2) is 47.5 Å². The van der Waals surface area contributed by atoms with E-state index >= 15 is 0 Å². The van der Waals surface area contributed by atoms with Crippen molar-refractivity contribution in [3.8, 4) is 10.6 Å². The molecule has 3 aromatic heterocycles. The predicted octanol–water partition coefficient (Wildman–Crippen LogP) is 1.42. The molecule has 0 atom stereocenters. The van der Waals surface area contributed by atoms with Crippen LogP contribution in [0.2, 0.25) is 0 Å². The highest BCUT2D eigenvalue weighted by molar-refractivity contribution is 7.89. The van der Waals surface area contributed by atoms with Gasteiger partial charge in [-0.15, -0.1) is 11.3 Å². The molecule has 7 nitrogen and oxygen atoms in total. The second-order valence-corrected chi connectivity index (χ2v) is 7.19. The maximum atomic E-state index is 12.2. The fraction of sp³-hybridized carbons (Fsp3) is 0.154. The SMILES string of the molecule is Cn1cnc(S(=O)(=O)NCc2nccnc2-c2cccs2)c1. The van der Waals surface area contributed by atoms with Gasteiger partial charge in [0.2, 0.25) is 0 Å². The minimum atomic E-state index is -3.67. The first kappa shape index (κ1) is 14.8. The van der Waals surface area contributed by atoms with Crippen molar-refractivity contribution in [3.63, 3.8) is 0 Å². The third kappa shape index (κ3) is 3.06. The number of thiophene rings is 1. The molecule has 3 heterocycles. The Morgan fingerprint density at radius 1 is 1.27 bits per heavy atom. The molecule has 0 bridgehead atoms. The van der Waals surface area contributed by atoms with Crippen LogP contribution in [0.1, 0.15) is 5.69 Å². The zero-order valence-corrected chi connectivity index (χ0v) is 13.3. The van der Waals surface area contributed by atoms with Crippen molar-refractivity contribution in [1.82, 2.24) is 24.2 Å². The van der Waals surface area contributed by atoms with E-state index in [9.17, 15) is 8.42 Å². The summed E-state index contributed by atoms with van der Waals surface area (Å²) in [5.74, 6) is 0. The molecule has 0 amide bonds. The quantitative estimate of drug-likeness (QED) is 0.761. The van der Waals surface area contributed by atoms with Crippen LogP contribution in [0.25, 0.3) is 10.6 Å². The van der Waals surface area contributed by atoms with Gasteiger partial charge in [-0.2, -0.15) is 0 Å². The van der Waals surface area contributed by atoms with Crippen LogP contribution in [-0.4, -0.2) is 27.9 Å². The second-order valence-electron chi connectivity index (χ2n) is 4.53. The van der Waals surface area contributed by atoms with E-state index in [0.29, 0.717) is 11.4 Å². The van der Waals surface area contributed by atoms with Gasteiger partial charge in [-0.3, -0.25) is 9.97 Å². The third-order valence-electron chi connectivity index (χ3n) is 2.91. The molecule has 0 aliphatic carbocycles. The number of hydrogen-bond acceptors (Lipinski definition) is 6. The maximum absolute atomic E-state index is 12.2. The summed E-state index contributed by atoms with van der Waals surface area (Å²) >= 11 is 1.53. The Bertz CT molecular complexity index is 871. The van der Waals surface area contributed by atoms with Crippen molar-refractivity contribution in [2.45, 2.75) is 11.6 Å². The predicted molar refractivity (Wildman–Crippen MR) is 82.6 cm³/mol. The zero-order valence-electron chi connectivity index (χ0n) is 11.7. The van der Waals surface area contributed by atoms with Crippen molar-refractivity contribution in [3.05, 3.63) is 48.1 Å². The summed E-state index contributed by atoms with van der Waals surface area (Å²) in [5, 5.41) is 1.92. The molecule has 3 aromatic rings. The fourth-order valence-corrected chi connectivity index (χ4v) is 3.59. The van der Waals surface area contributed by atoms with Gasteiger partial charge in [-0.05, 0) is 11.4 Å². The molecule has 3 rings (SSSR count). The van der Waals surface area contributed by atoms with Crippen LogP contribution in [0, 0.1) is 0 Å². The number of imidazole rings is 1.